The van der Waals surface area contributed by atoms with Gasteiger partial charge in [0, 0.05) is 43.2 Å². The molecule has 2 aromatic carbocycles. The molecule has 158 valence electrons. The number of rotatable bonds is 6. The molecular formula is C23H26FN3OS2. The number of nitrogens with zero attached hydrogens (tertiary/aromatic N) is 3. The second-order valence-corrected chi connectivity index (χ2v) is 9.94. The lowest BCUT2D eigenvalue weighted by molar-refractivity contribution is -0.131. The molecule has 4 nitrogen and oxygen atoms in total. The quantitative estimate of drug-likeness (QED) is 0.479. The van der Waals surface area contributed by atoms with Crippen LogP contribution in [0.2, 0.25) is 0 Å². The van der Waals surface area contributed by atoms with Crippen LogP contribution in [-0.2, 0) is 4.79 Å². The molecule has 0 saturated carbocycles. The van der Waals surface area contributed by atoms with Crippen molar-refractivity contribution in [2.75, 3.05) is 36.8 Å². The maximum atomic E-state index is 13.0. The molecule has 1 aliphatic heterocycles. The number of fused-ring (bicyclic) bond motifs is 1. The minimum Gasteiger partial charge on any atom is -0.345 e. The fourth-order valence-corrected chi connectivity index (χ4v) is 5.54. The number of amides is 1. The van der Waals surface area contributed by atoms with E-state index in [4.69, 9.17) is 4.98 Å². The third kappa shape index (κ3) is 4.78. The first-order chi connectivity index (χ1) is 14.5. The Morgan fingerprint density at radius 2 is 1.87 bits per heavy atom. The number of anilines is 1. The zero-order valence-corrected chi connectivity index (χ0v) is 18.9. The molecule has 30 heavy (non-hydrogen) atoms. The molecule has 1 saturated heterocycles. The van der Waals surface area contributed by atoms with Crippen LogP contribution >= 0.6 is 23.1 Å². The van der Waals surface area contributed by atoms with E-state index in [0.29, 0.717) is 18.1 Å². The average Bonchev–Trinajstić information content (AvgIpc) is 3.19. The van der Waals surface area contributed by atoms with E-state index in [9.17, 15) is 9.18 Å². The highest BCUT2D eigenvalue weighted by Gasteiger charge is 2.23. The Labute approximate surface area is 185 Å². The first kappa shape index (κ1) is 21.1. The van der Waals surface area contributed by atoms with E-state index >= 15 is 0 Å². The summed E-state index contributed by atoms with van der Waals surface area (Å²) in [5.41, 5.74) is 2.41. The summed E-state index contributed by atoms with van der Waals surface area (Å²) in [7, 11) is 0. The minimum atomic E-state index is -0.234. The Bertz CT molecular complexity index is 1010. The monoisotopic (exact) mass is 443 g/mol. The van der Waals surface area contributed by atoms with Crippen LogP contribution in [-0.4, -0.2) is 47.7 Å². The lowest BCUT2D eigenvalue weighted by Gasteiger charge is -2.34. The van der Waals surface area contributed by atoms with Crippen molar-refractivity contribution in [3.05, 3.63) is 53.8 Å². The van der Waals surface area contributed by atoms with E-state index in [2.05, 4.69) is 36.9 Å². The summed E-state index contributed by atoms with van der Waals surface area (Å²) in [5, 5.41) is 1.05. The minimum absolute atomic E-state index is 0.190. The molecule has 4 rings (SSSR count). The van der Waals surface area contributed by atoms with Gasteiger partial charge >= 0.3 is 0 Å². The molecule has 0 atom stereocenters. The summed E-state index contributed by atoms with van der Waals surface area (Å²) < 4.78 is 14.2. The van der Waals surface area contributed by atoms with E-state index in [-0.39, 0.29) is 11.7 Å². The number of thioether (sulfide) groups is 1. The van der Waals surface area contributed by atoms with Crippen molar-refractivity contribution in [2.24, 2.45) is 0 Å². The molecule has 0 unspecified atom stereocenters. The van der Waals surface area contributed by atoms with Crippen molar-refractivity contribution in [1.82, 2.24) is 9.88 Å². The molecule has 0 radical (unpaired) electrons. The summed E-state index contributed by atoms with van der Waals surface area (Å²) >= 11 is 3.33. The summed E-state index contributed by atoms with van der Waals surface area (Å²) in [6, 6.07) is 12.8. The second kappa shape index (κ2) is 9.35. The van der Waals surface area contributed by atoms with Crippen molar-refractivity contribution in [3.63, 3.8) is 0 Å². The van der Waals surface area contributed by atoms with Crippen LogP contribution < -0.4 is 4.90 Å². The largest absolute Gasteiger partial charge is 0.345 e. The molecule has 0 spiro atoms. The maximum absolute atomic E-state index is 13.0. The predicted octanol–water partition coefficient (Wildman–Crippen LogP) is 5.39. The Morgan fingerprint density at radius 1 is 1.13 bits per heavy atom. The number of halogens is 1. The molecule has 3 aromatic rings. The van der Waals surface area contributed by atoms with Crippen LogP contribution in [0.25, 0.3) is 10.2 Å². The molecule has 0 aliphatic carbocycles. The number of benzene rings is 2. The Kier molecular flexibility index (Phi) is 6.58. The van der Waals surface area contributed by atoms with E-state index in [1.54, 1.807) is 35.2 Å². The number of hydrogen-bond acceptors (Lipinski definition) is 5. The number of para-hydroxylation sites is 1. The molecule has 0 N–H and O–H groups in total. The second-order valence-electron chi connectivity index (χ2n) is 7.77. The van der Waals surface area contributed by atoms with Crippen LogP contribution in [0.4, 0.5) is 9.52 Å². The summed E-state index contributed by atoms with van der Waals surface area (Å²) in [6.45, 7) is 7.49. The standard InChI is InChI=1S/C23H26FN3OS2/c1-16(2)19-4-3-5-20-22(19)25-23(30-20)27-13-11-26(12-14-27)21(28)10-15-29-18-8-6-17(24)7-9-18/h3-9,16H,10-15H2,1-2H3. The zero-order chi connectivity index (χ0) is 21.1. The van der Waals surface area contributed by atoms with E-state index in [1.807, 2.05) is 4.90 Å². The average molecular weight is 444 g/mol. The molecule has 0 bridgehead atoms. The number of piperazine rings is 1. The Balaban J connectivity index is 1.30. The third-order valence-corrected chi connectivity index (χ3v) is 7.46. The molecule has 1 aromatic heterocycles. The molecule has 1 fully saturated rings. The summed E-state index contributed by atoms with van der Waals surface area (Å²) in [4.78, 5) is 22.7. The molecule has 1 amide bonds. The van der Waals surface area contributed by atoms with E-state index in [1.165, 1.54) is 22.4 Å². The lowest BCUT2D eigenvalue weighted by Crippen LogP contribution is -2.48. The number of thiazole rings is 1. The third-order valence-electron chi connectivity index (χ3n) is 5.36. The van der Waals surface area contributed by atoms with Crippen LogP contribution in [0, 0.1) is 5.82 Å². The number of carbonyl (C=O) groups excluding carboxylic acids is 1. The van der Waals surface area contributed by atoms with Crippen LogP contribution in [0.1, 0.15) is 31.7 Å². The normalized spacial score (nSPS) is 14.7. The topological polar surface area (TPSA) is 36.4 Å². The summed E-state index contributed by atoms with van der Waals surface area (Å²) in [5.74, 6) is 1.11. The van der Waals surface area contributed by atoms with Crippen LogP contribution in [0.15, 0.2) is 47.4 Å². The number of carbonyl (C=O) groups is 1. The van der Waals surface area contributed by atoms with Gasteiger partial charge in [0.2, 0.25) is 5.91 Å². The van der Waals surface area contributed by atoms with Gasteiger partial charge in [-0.2, -0.15) is 0 Å². The van der Waals surface area contributed by atoms with Crippen molar-refractivity contribution >= 4 is 44.4 Å². The first-order valence-corrected chi connectivity index (χ1v) is 12.1. The fraction of sp³-hybridized carbons (Fsp3) is 0.391. The van der Waals surface area contributed by atoms with E-state index < -0.39 is 0 Å². The number of hydrogen-bond donors (Lipinski definition) is 0. The Hall–Kier alpha value is -2.12. The SMILES string of the molecule is CC(C)c1cccc2sc(N3CCN(C(=O)CCSc4ccc(F)cc4)CC3)nc12. The molecule has 1 aliphatic rings. The highest BCUT2D eigenvalue weighted by Crippen LogP contribution is 2.33. The highest BCUT2D eigenvalue weighted by atomic mass is 32.2. The van der Waals surface area contributed by atoms with Gasteiger partial charge in [-0.25, -0.2) is 9.37 Å². The highest BCUT2D eigenvalue weighted by molar-refractivity contribution is 7.99. The zero-order valence-electron chi connectivity index (χ0n) is 17.3. The van der Waals surface area contributed by atoms with Gasteiger partial charge in [0.25, 0.3) is 0 Å². The molecule has 7 heteroatoms. The van der Waals surface area contributed by atoms with Gasteiger partial charge in [0.15, 0.2) is 5.13 Å². The van der Waals surface area contributed by atoms with Crippen molar-refractivity contribution in [2.45, 2.75) is 31.1 Å². The summed E-state index contributed by atoms with van der Waals surface area (Å²) in [6.07, 6.45) is 0.501. The van der Waals surface area contributed by atoms with Crippen molar-refractivity contribution in [3.8, 4) is 0 Å². The van der Waals surface area contributed by atoms with Gasteiger partial charge in [-0.15, -0.1) is 11.8 Å². The molecule has 2 heterocycles. The van der Waals surface area contributed by atoms with Crippen molar-refractivity contribution in [1.29, 1.82) is 0 Å². The van der Waals surface area contributed by atoms with Gasteiger partial charge in [0.05, 0.1) is 10.2 Å². The number of aromatic nitrogens is 1. The maximum Gasteiger partial charge on any atom is 0.223 e. The first-order valence-electron chi connectivity index (χ1n) is 10.3. The van der Waals surface area contributed by atoms with Crippen molar-refractivity contribution < 1.29 is 9.18 Å². The molecular weight excluding hydrogens is 417 g/mol. The fourth-order valence-electron chi connectivity index (χ4n) is 3.65. The van der Waals surface area contributed by atoms with Gasteiger partial charge < -0.3 is 9.80 Å². The predicted molar refractivity (Wildman–Crippen MR) is 124 cm³/mol. The smallest absolute Gasteiger partial charge is 0.223 e. The van der Waals surface area contributed by atoms with Crippen LogP contribution in [0.3, 0.4) is 0 Å². The van der Waals surface area contributed by atoms with E-state index in [0.717, 1.165) is 41.7 Å². The Morgan fingerprint density at radius 3 is 2.57 bits per heavy atom. The van der Waals surface area contributed by atoms with Crippen LogP contribution in [0.5, 0.6) is 0 Å². The van der Waals surface area contributed by atoms with Gasteiger partial charge in [0.1, 0.15) is 5.82 Å². The van der Waals surface area contributed by atoms with Gasteiger partial charge in [-0.3, -0.25) is 4.79 Å². The lowest BCUT2D eigenvalue weighted by atomic mass is 10.0. The van der Waals surface area contributed by atoms with Gasteiger partial charge in [-0.05, 0) is 41.8 Å². The van der Waals surface area contributed by atoms with Gasteiger partial charge in [-0.1, -0.05) is 37.3 Å².